The Labute approximate surface area is 114 Å². The van der Waals surface area contributed by atoms with E-state index in [0.717, 1.165) is 12.3 Å². The van der Waals surface area contributed by atoms with Gasteiger partial charge < -0.3 is 14.6 Å². The molecule has 1 aromatic carbocycles. The van der Waals surface area contributed by atoms with E-state index >= 15 is 0 Å². The Balaban J connectivity index is 2.95. The van der Waals surface area contributed by atoms with Gasteiger partial charge in [-0.2, -0.15) is 5.10 Å². The second-order valence-electron chi connectivity index (χ2n) is 3.42. The fraction of sp³-hybridized carbons (Fsp3) is 0.273. The Morgan fingerprint density at radius 1 is 1.55 bits per heavy atom. The number of hydrogen-bond acceptors (Lipinski definition) is 7. The van der Waals surface area contributed by atoms with E-state index in [1.807, 2.05) is 0 Å². The van der Waals surface area contributed by atoms with E-state index < -0.39 is 22.5 Å². The summed E-state index contributed by atoms with van der Waals surface area (Å²) in [5, 5.41) is 25.8. The van der Waals surface area contributed by atoms with Gasteiger partial charge in [0.1, 0.15) is 5.75 Å². The molecule has 0 unspecified atom stereocenters. The zero-order valence-electron chi connectivity index (χ0n) is 10.8. The Morgan fingerprint density at radius 2 is 2.25 bits per heavy atom. The molecule has 0 atom stereocenters. The summed E-state index contributed by atoms with van der Waals surface area (Å²) in [6, 6.07) is 2.30. The molecule has 9 nitrogen and oxygen atoms in total. The SMILES string of the molecule is CCOC(=O)N/N=C\c1cc(OC)c([O-])c([N+](=O)[O-])c1. The van der Waals surface area contributed by atoms with Gasteiger partial charge in [-0.25, -0.2) is 10.2 Å². The van der Waals surface area contributed by atoms with E-state index in [9.17, 15) is 20.0 Å². The number of methoxy groups -OCH3 is 1. The summed E-state index contributed by atoms with van der Waals surface area (Å²) in [5.41, 5.74) is 1.64. The van der Waals surface area contributed by atoms with Crippen LogP contribution in [0.25, 0.3) is 0 Å². The highest BCUT2D eigenvalue weighted by Gasteiger charge is 2.12. The van der Waals surface area contributed by atoms with Crippen LogP contribution < -0.4 is 15.3 Å². The summed E-state index contributed by atoms with van der Waals surface area (Å²) in [7, 11) is 1.22. The molecule has 1 N–H and O–H groups in total. The lowest BCUT2D eigenvalue weighted by Crippen LogP contribution is -2.18. The highest BCUT2D eigenvalue weighted by Crippen LogP contribution is 2.33. The third-order valence-corrected chi connectivity index (χ3v) is 2.12. The summed E-state index contributed by atoms with van der Waals surface area (Å²) in [6.07, 6.45) is 0.372. The number of benzene rings is 1. The number of carbonyl (C=O) groups excluding carboxylic acids is 1. The van der Waals surface area contributed by atoms with E-state index in [2.05, 4.69) is 15.3 Å². The number of nitro groups is 1. The first-order valence-electron chi connectivity index (χ1n) is 5.48. The van der Waals surface area contributed by atoms with E-state index in [0.29, 0.717) is 0 Å². The summed E-state index contributed by atoms with van der Waals surface area (Å²) >= 11 is 0. The monoisotopic (exact) mass is 282 g/mol. The average molecular weight is 282 g/mol. The number of carbonyl (C=O) groups is 1. The topological polar surface area (TPSA) is 126 Å². The van der Waals surface area contributed by atoms with Gasteiger partial charge in [0, 0.05) is 17.4 Å². The van der Waals surface area contributed by atoms with Gasteiger partial charge in [-0.1, -0.05) is 0 Å². The van der Waals surface area contributed by atoms with Crippen molar-refractivity contribution in [3.63, 3.8) is 0 Å². The van der Waals surface area contributed by atoms with Crippen LogP contribution in [0, 0.1) is 10.1 Å². The van der Waals surface area contributed by atoms with Crippen LogP contribution in [0.15, 0.2) is 17.2 Å². The summed E-state index contributed by atoms with van der Waals surface area (Å²) < 4.78 is 9.31. The molecule has 0 aliphatic carbocycles. The van der Waals surface area contributed by atoms with Crippen LogP contribution in [0.3, 0.4) is 0 Å². The van der Waals surface area contributed by atoms with Gasteiger partial charge in [0.15, 0.2) is 0 Å². The molecule has 108 valence electrons. The molecule has 0 aromatic heterocycles. The first-order valence-corrected chi connectivity index (χ1v) is 5.48. The van der Waals surface area contributed by atoms with Crippen molar-refractivity contribution in [3.8, 4) is 11.5 Å². The third kappa shape index (κ3) is 3.83. The number of hydrazone groups is 1. The summed E-state index contributed by atoms with van der Waals surface area (Å²) in [6.45, 7) is 1.82. The number of nitrogens with one attached hydrogen (secondary N) is 1. The standard InChI is InChI=1S/C11H13N3O6/c1-3-20-11(16)13-12-6-7-4-8(14(17)18)10(15)9(5-7)19-2/h4-6,15H,3H2,1-2H3,(H,13,16)/p-1/b12-6-. The van der Waals surface area contributed by atoms with Gasteiger partial charge in [-0.15, -0.1) is 0 Å². The van der Waals surface area contributed by atoms with Crippen LogP contribution in [0.1, 0.15) is 12.5 Å². The highest BCUT2D eigenvalue weighted by molar-refractivity contribution is 5.83. The van der Waals surface area contributed by atoms with Gasteiger partial charge in [-0.05, 0) is 13.0 Å². The van der Waals surface area contributed by atoms with Gasteiger partial charge in [0.2, 0.25) is 0 Å². The van der Waals surface area contributed by atoms with E-state index in [-0.39, 0.29) is 17.9 Å². The molecule has 1 rings (SSSR count). The zero-order valence-corrected chi connectivity index (χ0v) is 10.8. The van der Waals surface area contributed by atoms with Crippen LogP contribution in [0.2, 0.25) is 0 Å². The number of hydrogen-bond donors (Lipinski definition) is 1. The molecule has 1 aromatic rings. The maximum atomic E-state index is 11.6. The third-order valence-electron chi connectivity index (χ3n) is 2.12. The predicted octanol–water partition coefficient (Wildman–Crippen LogP) is 0.757. The van der Waals surface area contributed by atoms with Crippen molar-refractivity contribution in [1.82, 2.24) is 5.43 Å². The van der Waals surface area contributed by atoms with Gasteiger partial charge in [0.25, 0.3) is 5.69 Å². The van der Waals surface area contributed by atoms with E-state index in [1.54, 1.807) is 6.92 Å². The average Bonchev–Trinajstić information content (AvgIpc) is 2.40. The lowest BCUT2D eigenvalue weighted by Gasteiger charge is -2.12. The lowest BCUT2D eigenvalue weighted by molar-refractivity contribution is -0.398. The van der Waals surface area contributed by atoms with Gasteiger partial charge in [0.05, 0.1) is 24.9 Å². The van der Waals surface area contributed by atoms with Crippen LogP contribution >= 0.6 is 0 Å². The first kappa shape index (κ1) is 15.2. The second-order valence-corrected chi connectivity index (χ2v) is 3.42. The molecular formula is C11H12N3O6-. The van der Waals surface area contributed by atoms with E-state index in [1.165, 1.54) is 13.2 Å². The quantitative estimate of drug-likeness (QED) is 0.482. The molecule has 0 heterocycles. The van der Waals surface area contributed by atoms with Crippen LogP contribution in [0.4, 0.5) is 10.5 Å². The molecule has 0 saturated carbocycles. The summed E-state index contributed by atoms with van der Waals surface area (Å²) in [4.78, 5) is 20.9. The fourth-order valence-electron chi connectivity index (χ4n) is 1.29. The first-order chi connectivity index (χ1) is 9.49. The lowest BCUT2D eigenvalue weighted by atomic mass is 10.2. The van der Waals surface area contributed by atoms with Crippen LogP contribution in [-0.2, 0) is 4.74 Å². The molecule has 1 amide bonds. The maximum absolute atomic E-state index is 11.6. The minimum Gasteiger partial charge on any atom is -0.865 e. The van der Waals surface area contributed by atoms with Crippen molar-refractivity contribution in [1.29, 1.82) is 0 Å². The highest BCUT2D eigenvalue weighted by atomic mass is 16.6. The van der Waals surface area contributed by atoms with Gasteiger partial charge in [-0.3, -0.25) is 10.1 Å². The number of amides is 1. The van der Waals surface area contributed by atoms with Crippen LogP contribution in [0.5, 0.6) is 11.5 Å². The smallest absolute Gasteiger partial charge is 0.427 e. The number of nitro benzene ring substituents is 1. The minimum atomic E-state index is -0.826. The van der Waals surface area contributed by atoms with Gasteiger partial charge >= 0.3 is 6.09 Å². The predicted molar refractivity (Wildman–Crippen MR) is 66.8 cm³/mol. The Kier molecular flexibility index (Phi) is 5.27. The summed E-state index contributed by atoms with van der Waals surface area (Å²) in [5.74, 6) is -1.01. The van der Waals surface area contributed by atoms with Crippen molar-refractivity contribution < 1.29 is 24.3 Å². The number of rotatable bonds is 5. The number of nitrogens with zero attached hydrogens (tertiary/aromatic N) is 2. The van der Waals surface area contributed by atoms with E-state index in [4.69, 9.17) is 4.74 Å². The molecule has 0 spiro atoms. The second kappa shape index (κ2) is 6.92. The molecule has 0 aliphatic heterocycles. The molecule has 0 bridgehead atoms. The largest absolute Gasteiger partial charge is 0.865 e. The molecule has 0 fully saturated rings. The zero-order chi connectivity index (χ0) is 15.1. The Morgan fingerprint density at radius 3 is 2.80 bits per heavy atom. The Hall–Kier alpha value is -2.84. The van der Waals surface area contributed by atoms with Crippen molar-refractivity contribution in [3.05, 3.63) is 27.8 Å². The molecule has 0 saturated heterocycles. The minimum absolute atomic E-state index is 0.184. The van der Waals surface area contributed by atoms with Crippen molar-refractivity contribution in [2.45, 2.75) is 6.92 Å². The molecular weight excluding hydrogens is 270 g/mol. The molecule has 20 heavy (non-hydrogen) atoms. The molecule has 0 aliphatic rings. The maximum Gasteiger partial charge on any atom is 0.427 e. The normalized spacial score (nSPS) is 10.3. The Bertz CT molecular complexity index is 543. The van der Waals surface area contributed by atoms with Crippen molar-refractivity contribution in [2.24, 2.45) is 5.10 Å². The number of ether oxygens (including phenoxy) is 2. The van der Waals surface area contributed by atoms with Crippen molar-refractivity contribution in [2.75, 3.05) is 13.7 Å². The molecule has 0 radical (unpaired) electrons. The van der Waals surface area contributed by atoms with Crippen molar-refractivity contribution >= 4 is 18.0 Å². The van der Waals surface area contributed by atoms with Crippen LogP contribution in [-0.4, -0.2) is 30.9 Å². The molecule has 9 heteroatoms. The fourth-order valence-corrected chi connectivity index (χ4v) is 1.29.